The van der Waals surface area contributed by atoms with Gasteiger partial charge in [0.2, 0.25) is 0 Å². The highest BCUT2D eigenvalue weighted by Crippen LogP contribution is 2.25. The minimum absolute atomic E-state index is 0.0773. The smallest absolute Gasteiger partial charge is 0.264 e. The molecule has 0 bridgehead atoms. The number of sulfonamides is 1. The van der Waals surface area contributed by atoms with Crippen molar-refractivity contribution in [3.8, 4) is 0 Å². The summed E-state index contributed by atoms with van der Waals surface area (Å²) in [7, 11) is -2.16. The van der Waals surface area contributed by atoms with Gasteiger partial charge >= 0.3 is 0 Å². The van der Waals surface area contributed by atoms with Crippen molar-refractivity contribution in [2.24, 2.45) is 0 Å². The monoisotopic (exact) mass is 450 g/mol. The second-order valence-electron chi connectivity index (χ2n) is 8.90. The molecule has 0 aromatic heterocycles. The Labute approximate surface area is 191 Å². The number of nitrogens with one attached hydrogen (secondary N) is 1. The molecule has 0 spiro atoms. The molecule has 0 heterocycles. The van der Waals surface area contributed by atoms with Gasteiger partial charge in [-0.3, -0.25) is 9.10 Å². The molecule has 32 heavy (non-hydrogen) atoms. The lowest BCUT2D eigenvalue weighted by atomic mass is 9.86. The number of nitrogens with zero attached hydrogens (tertiary/aromatic N) is 1. The standard InChI is InChI=1S/C26H30N2O3S/c1-19(20-11-15-22(16-12-20)26(2,3)4)27-25(29)21-13-17-23(18-14-21)28(5)32(30,31)24-9-7-6-8-10-24/h6-19H,1-5H3,(H,27,29)/t19-/m0/s1. The molecule has 0 saturated carbocycles. The maximum atomic E-state index is 12.8. The zero-order chi connectivity index (χ0) is 23.5. The third kappa shape index (κ3) is 5.19. The van der Waals surface area contributed by atoms with E-state index >= 15 is 0 Å². The number of hydrogen-bond donors (Lipinski definition) is 1. The molecule has 6 heteroatoms. The van der Waals surface area contributed by atoms with E-state index in [0.29, 0.717) is 11.3 Å². The highest BCUT2D eigenvalue weighted by Gasteiger charge is 2.21. The van der Waals surface area contributed by atoms with Crippen LogP contribution in [0.4, 0.5) is 5.69 Å². The maximum Gasteiger partial charge on any atom is 0.264 e. The first-order valence-corrected chi connectivity index (χ1v) is 12.0. The Balaban J connectivity index is 1.70. The Morgan fingerprint density at radius 3 is 1.97 bits per heavy atom. The Kier molecular flexibility index (Phi) is 6.74. The number of carbonyl (C=O) groups is 1. The summed E-state index contributed by atoms with van der Waals surface area (Å²) >= 11 is 0. The molecular formula is C26H30N2O3S. The van der Waals surface area contributed by atoms with E-state index in [4.69, 9.17) is 0 Å². The van der Waals surface area contributed by atoms with Crippen LogP contribution in [0.2, 0.25) is 0 Å². The summed E-state index contributed by atoms with van der Waals surface area (Å²) in [5.74, 6) is -0.211. The van der Waals surface area contributed by atoms with Crippen molar-refractivity contribution in [3.05, 3.63) is 95.6 Å². The van der Waals surface area contributed by atoms with E-state index in [-0.39, 0.29) is 22.3 Å². The van der Waals surface area contributed by atoms with E-state index in [1.165, 1.54) is 16.9 Å². The fourth-order valence-electron chi connectivity index (χ4n) is 3.35. The van der Waals surface area contributed by atoms with Crippen molar-refractivity contribution in [3.63, 3.8) is 0 Å². The molecule has 0 radical (unpaired) electrons. The number of anilines is 1. The normalized spacial score (nSPS) is 12.8. The van der Waals surface area contributed by atoms with E-state index in [2.05, 4.69) is 38.2 Å². The number of rotatable bonds is 6. The van der Waals surface area contributed by atoms with E-state index < -0.39 is 10.0 Å². The third-order valence-corrected chi connectivity index (χ3v) is 7.32. The van der Waals surface area contributed by atoms with E-state index in [9.17, 15) is 13.2 Å². The largest absolute Gasteiger partial charge is 0.346 e. The quantitative estimate of drug-likeness (QED) is 0.554. The van der Waals surface area contributed by atoms with Gasteiger partial charge in [-0.15, -0.1) is 0 Å². The molecule has 1 atom stereocenters. The first-order chi connectivity index (χ1) is 15.0. The second kappa shape index (κ2) is 9.17. The van der Waals surface area contributed by atoms with Crippen LogP contribution in [0.25, 0.3) is 0 Å². The molecule has 0 unspecified atom stereocenters. The average molecular weight is 451 g/mol. The van der Waals surface area contributed by atoms with Crippen molar-refractivity contribution < 1.29 is 13.2 Å². The summed E-state index contributed by atoms with van der Waals surface area (Å²) < 4.78 is 26.8. The van der Waals surface area contributed by atoms with Gasteiger partial charge in [-0.2, -0.15) is 0 Å². The fourth-order valence-corrected chi connectivity index (χ4v) is 4.56. The predicted octanol–water partition coefficient (Wildman–Crippen LogP) is 5.30. The van der Waals surface area contributed by atoms with Gasteiger partial charge in [0.15, 0.2) is 0 Å². The third-order valence-electron chi connectivity index (χ3n) is 5.52. The molecule has 1 amide bonds. The highest BCUT2D eigenvalue weighted by molar-refractivity contribution is 7.92. The highest BCUT2D eigenvalue weighted by atomic mass is 32.2. The lowest BCUT2D eigenvalue weighted by molar-refractivity contribution is 0.0940. The molecule has 1 N–H and O–H groups in total. The molecular weight excluding hydrogens is 420 g/mol. The van der Waals surface area contributed by atoms with Gasteiger partial charge in [-0.05, 0) is 59.9 Å². The van der Waals surface area contributed by atoms with Crippen LogP contribution in [0.1, 0.15) is 55.2 Å². The van der Waals surface area contributed by atoms with Crippen LogP contribution in [-0.4, -0.2) is 21.4 Å². The Bertz CT molecular complexity index is 1160. The molecule has 168 valence electrons. The van der Waals surface area contributed by atoms with Gasteiger partial charge < -0.3 is 5.32 Å². The minimum Gasteiger partial charge on any atom is -0.346 e. The molecule has 0 aliphatic carbocycles. The van der Waals surface area contributed by atoms with Crippen LogP contribution in [0, 0.1) is 0 Å². The number of amides is 1. The first-order valence-electron chi connectivity index (χ1n) is 10.6. The number of benzene rings is 3. The number of hydrogen-bond acceptors (Lipinski definition) is 3. The summed E-state index contributed by atoms with van der Waals surface area (Å²) in [6, 6.07) is 22.9. The lowest BCUT2D eigenvalue weighted by Gasteiger charge is -2.21. The fraction of sp³-hybridized carbons (Fsp3) is 0.269. The van der Waals surface area contributed by atoms with E-state index in [1.807, 2.05) is 19.1 Å². The predicted molar refractivity (Wildman–Crippen MR) is 129 cm³/mol. The second-order valence-corrected chi connectivity index (χ2v) is 10.9. The van der Waals surface area contributed by atoms with Gasteiger partial charge in [-0.25, -0.2) is 8.42 Å². The zero-order valence-electron chi connectivity index (χ0n) is 19.2. The van der Waals surface area contributed by atoms with Crippen LogP contribution in [0.3, 0.4) is 0 Å². The first kappa shape index (κ1) is 23.5. The molecule has 3 rings (SSSR count). The van der Waals surface area contributed by atoms with Crippen molar-refractivity contribution >= 4 is 21.6 Å². The van der Waals surface area contributed by atoms with Gasteiger partial charge in [0, 0.05) is 12.6 Å². The van der Waals surface area contributed by atoms with Gasteiger partial charge in [0.1, 0.15) is 0 Å². The Morgan fingerprint density at radius 2 is 1.44 bits per heavy atom. The van der Waals surface area contributed by atoms with Crippen LogP contribution in [0.5, 0.6) is 0 Å². The molecule has 0 fully saturated rings. The SMILES string of the molecule is C[C@H](NC(=O)c1ccc(N(C)S(=O)(=O)c2ccccc2)cc1)c1ccc(C(C)(C)C)cc1. The zero-order valence-corrected chi connectivity index (χ0v) is 20.0. The van der Waals surface area contributed by atoms with Crippen molar-refractivity contribution in [1.82, 2.24) is 5.32 Å². The van der Waals surface area contributed by atoms with Crippen molar-refractivity contribution in [2.75, 3.05) is 11.4 Å². The maximum absolute atomic E-state index is 12.8. The van der Waals surface area contributed by atoms with Crippen LogP contribution in [0.15, 0.2) is 83.8 Å². The van der Waals surface area contributed by atoms with Crippen LogP contribution in [-0.2, 0) is 15.4 Å². The molecule has 3 aromatic rings. The summed E-state index contributed by atoms with van der Waals surface area (Å²) in [6.45, 7) is 8.44. The van der Waals surface area contributed by atoms with Gasteiger partial charge in [0.25, 0.3) is 15.9 Å². The summed E-state index contributed by atoms with van der Waals surface area (Å²) in [4.78, 5) is 12.9. The summed E-state index contributed by atoms with van der Waals surface area (Å²) in [6.07, 6.45) is 0. The molecule has 3 aromatic carbocycles. The minimum atomic E-state index is -3.66. The molecule has 0 saturated heterocycles. The molecule has 0 aliphatic rings. The van der Waals surface area contributed by atoms with Crippen LogP contribution >= 0.6 is 0 Å². The van der Waals surface area contributed by atoms with Gasteiger partial charge in [-0.1, -0.05) is 63.2 Å². The molecule has 0 aliphatic heterocycles. The topological polar surface area (TPSA) is 66.5 Å². The number of carbonyl (C=O) groups excluding carboxylic acids is 1. The van der Waals surface area contributed by atoms with Crippen molar-refractivity contribution in [1.29, 1.82) is 0 Å². The van der Waals surface area contributed by atoms with Crippen LogP contribution < -0.4 is 9.62 Å². The van der Waals surface area contributed by atoms with E-state index in [0.717, 1.165) is 5.56 Å². The van der Waals surface area contributed by atoms with Gasteiger partial charge in [0.05, 0.1) is 16.6 Å². The Morgan fingerprint density at radius 1 is 0.875 bits per heavy atom. The average Bonchev–Trinajstić information content (AvgIpc) is 2.78. The molecule has 5 nitrogen and oxygen atoms in total. The Hall–Kier alpha value is -3.12. The lowest BCUT2D eigenvalue weighted by Crippen LogP contribution is -2.28. The summed E-state index contributed by atoms with van der Waals surface area (Å²) in [5.41, 5.74) is 3.30. The summed E-state index contributed by atoms with van der Waals surface area (Å²) in [5, 5.41) is 3.00. The van der Waals surface area contributed by atoms with Crippen molar-refractivity contribution in [2.45, 2.75) is 44.0 Å². The van der Waals surface area contributed by atoms with E-state index in [1.54, 1.807) is 54.6 Å².